The molecular formula is C16H34N8O3. The molecule has 0 atom stereocenters. The first-order valence-electron chi connectivity index (χ1n) is 9.24. The highest BCUT2D eigenvalue weighted by Gasteiger charge is 2.18. The largest absolute Gasteiger partial charge is 0.369 e. The molecule has 8 N–H and O–H groups in total. The highest BCUT2D eigenvalue weighted by molar-refractivity contribution is 5.76. The summed E-state index contributed by atoms with van der Waals surface area (Å²) in [4.78, 5) is 42.2. The Morgan fingerprint density at radius 3 is 1.04 bits per heavy atom. The topological polar surface area (TPSA) is 168 Å². The van der Waals surface area contributed by atoms with E-state index in [1.807, 2.05) is 14.7 Å². The minimum atomic E-state index is -0.417. The maximum absolute atomic E-state index is 11.4. The fourth-order valence-corrected chi connectivity index (χ4v) is 3.12. The van der Waals surface area contributed by atoms with E-state index in [2.05, 4.69) is 4.90 Å². The highest BCUT2D eigenvalue weighted by Crippen LogP contribution is 2.00. The van der Waals surface area contributed by atoms with Gasteiger partial charge in [0, 0.05) is 65.4 Å². The minimum absolute atomic E-state index is 0.119. The zero-order valence-electron chi connectivity index (χ0n) is 16.0. The van der Waals surface area contributed by atoms with Gasteiger partial charge >= 0.3 is 0 Å². The average Bonchev–Trinajstić information content (AvgIpc) is 2.56. The molecule has 11 heteroatoms. The highest BCUT2D eigenvalue weighted by atomic mass is 16.2. The molecule has 0 spiro atoms. The van der Waals surface area contributed by atoms with Crippen LogP contribution in [-0.2, 0) is 14.4 Å². The summed E-state index contributed by atoms with van der Waals surface area (Å²) < 4.78 is 0. The number of nitrogens with zero attached hydrogens (tertiary/aromatic N) is 4. The molecule has 0 unspecified atom stereocenters. The number of hydrogen-bond acceptors (Lipinski definition) is 8. The fraction of sp³-hybridized carbons (Fsp3) is 0.812. The quantitative estimate of drug-likeness (QED) is 0.324. The molecule has 11 nitrogen and oxygen atoms in total. The van der Waals surface area contributed by atoms with Gasteiger partial charge in [-0.2, -0.15) is 0 Å². The van der Waals surface area contributed by atoms with E-state index in [1.165, 1.54) is 0 Å². The SMILES string of the molecule is NCCN1CCN(CC(N)=O)CCN(CC(N)=O)CCN(CC(N)=O)CC1. The van der Waals surface area contributed by atoms with Crippen molar-refractivity contribution in [2.45, 2.75) is 0 Å². The van der Waals surface area contributed by atoms with Crippen LogP contribution in [0.4, 0.5) is 0 Å². The summed E-state index contributed by atoms with van der Waals surface area (Å²) in [5, 5.41) is 0. The lowest BCUT2D eigenvalue weighted by Gasteiger charge is -2.33. The first kappa shape index (κ1) is 23.2. The molecule has 1 heterocycles. The van der Waals surface area contributed by atoms with E-state index in [9.17, 15) is 14.4 Å². The minimum Gasteiger partial charge on any atom is -0.369 e. The number of hydrogen-bond donors (Lipinski definition) is 4. The molecule has 1 aliphatic heterocycles. The molecule has 0 saturated carbocycles. The second kappa shape index (κ2) is 12.6. The van der Waals surface area contributed by atoms with Crippen molar-refractivity contribution >= 4 is 17.7 Å². The molecule has 0 aromatic carbocycles. The first-order valence-corrected chi connectivity index (χ1v) is 9.24. The van der Waals surface area contributed by atoms with Gasteiger partial charge in [-0.15, -0.1) is 0 Å². The predicted molar refractivity (Wildman–Crippen MR) is 102 cm³/mol. The standard InChI is InChI=1S/C16H34N8O3/c17-1-2-21-3-5-22(11-14(18)25)7-9-24(13-16(20)27)10-8-23(6-4-21)12-15(19)26/h1-13,17H2,(H2,18,25)(H2,19,26)(H2,20,27). The first-order chi connectivity index (χ1) is 12.8. The summed E-state index contributed by atoms with van der Waals surface area (Å²) in [5.74, 6) is -1.19. The van der Waals surface area contributed by atoms with Gasteiger partial charge in [0.25, 0.3) is 0 Å². The van der Waals surface area contributed by atoms with E-state index in [0.717, 1.165) is 19.6 Å². The van der Waals surface area contributed by atoms with Gasteiger partial charge in [-0.25, -0.2) is 0 Å². The average molecular weight is 387 g/mol. The van der Waals surface area contributed by atoms with Crippen molar-refractivity contribution in [2.24, 2.45) is 22.9 Å². The molecule has 1 fully saturated rings. The van der Waals surface area contributed by atoms with Crippen LogP contribution in [0.5, 0.6) is 0 Å². The van der Waals surface area contributed by atoms with Gasteiger partial charge in [-0.1, -0.05) is 0 Å². The number of primary amides is 3. The monoisotopic (exact) mass is 386 g/mol. The van der Waals surface area contributed by atoms with Crippen molar-refractivity contribution < 1.29 is 14.4 Å². The summed E-state index contributed by atoms with van der Waals surface area (Å²) >= 11 is 0. The number of rotatable bonds is 8. The summed E-state index contributed by atoms with van der Waals surface area (Å²) in [6.45, 7) is 6.76. The van der Waals surface area contributed by atoms with Crippen LogP contribution in [0.3, 0.4) is 0 Å². The summed E-state index contributed by atoms with van der Waals surface area (Å²) in [6, 6.07) is 0. The van der Waals surface area contributed by atoms with Gasteiger partial charge in [0.05, 0.1) is 19.6 Å². The van der Waals surface area contributed by atoms with Crippen molar-refractivity contribution in [1.29, 1.82) is 0 Å². The van der Waals surface area contributed by atoms with Gasteiger partial charge in [0.1, 0.15) is 0 Å². The van der Waals surface area contributed by atoms with Crippen molar-refractivity contribution in [2.75, 3.05) is 85.1 Å². The molecule has 3 amide bonds. The lowest BCUT2D eigenvalue weighted by Crippen LogP contribution is -2.50. The Labute approximate surface area is 160 Å². The molecule has 0 aliphatic carbocycles. The summed E-state index contributed by atoms with van der Waals surface area (Å²) in [7, 11) is 0. The zero-order chi connectivity index (χ0) is 20.2. The predicted octanol–water partition coefficient (Wildman–Crippen LogP) is -4.38. The third kappa shape index (κ3) is 10.8. The summed E-state index contributed by atoms with van der Waals surface area (Å²) in [6.07, 6.45) is 0. The van der Waals surface area contributed by atoms with Crippen molar-refractivity contribution in [3.8, 4) is 0 Å². The van der Waals surface area contributed by atoms with Gasteiger partial charge in [-0.3, -0.25) is 34.0 Å². The van der Waals surface area contributed by atoms with Gasteiger partial charge < -0.3 is 22.9 Å². The Bertz CT molecular complexity index is 458. The van der Waals surface area contributed by atoms with Crippen LogP contribution in [0.1, 0.15) is 0 Å². The lowest BCUT2D eigenvalue weighted by molar-refractivity contribution is -0.121. The van der Waals surface area contributed by atoms with E-state index in [4.69, 9.17) is 22.9 Å². The molecule has 0 radical (unpaired) electrons. The van der Waals surface area contributed by atoms with Crippen LogP contribution in [0.15, 0.2) is 0 Å². The van der Waals surface area contributed by atoms with Gasteiger partial charge in [-0.05, 0) is 0 Å². The molecule has 1 rings (SSSR count). The number of amides is 3. The lowest BCUT2D eigenvalue weighted by atomic mass is 10.3. The zero-order valence-corrected chi connectivity index (χ0v) is 16.0. The molecule has 1 aliphatic rings. The number of carbonyl (C=O) groups is 3. The van der Waals surface area contributed by atoms with Crippen molar-refractivity contribution in [3.63, 3.8) is 0 Å². The van der Waals surface area contributed by atoms with E-state index in [1.54, 1.807) is 0 Å². The van der Waals surface area contributed by atoms with E-state index in [-0.39, 0.29) is 31.4 Å². The van der Waals surface area contributed by atoms with Gasteiger partial charge in [0.15, 0.2) is 0 Å². The van der Waals surface area contributed by atoms with Crippen LogP contribution in [0.25, 0.3) is 0 Å². The maximum atomic E-state index is 11.4. The van der Waals surface area contributed by atoms with E-state index in [0.29, 0.717) is 45.8 Å². The van der Waals surface area contributed by atoms with Crippen molar-refractivity contribution in [3.05, 3.63) is 0 Å². The molecule has 156 valence electrons. The normalized spacial score (nSPS) is 19.9. The fourth-order valence-electron chi connectivity index (χ4n) is 3.12. The Morgan fingerprint density at radius 2 is 0.815 bits per heavy atom. The molecule has 0 aromatic heterocycles. The smallest absolute Gasteiger partial charge is 0.231 e. The Hall–Kier alpha value is -1.79. The molecule has 0 aromatic rings. The van der Waals surface area contributed by atoms with Crippen LogP contribution in [0.2, 0.25) is 0 Å². The third-order valence-electron chi connectivity index (χ3n) is 4.51. The Morgan fingerprint density at radius 1 is 0.556 bits per heavy atom. The van der Waals surface area contributed by atoms with Crippen molar-refractivity contribution in [1.82, 2.24) is 19.6 Å². The van der Waals surface area contributed by atoms with Crippen LogP contribution in [-0.4, -0.2) is 122 Å². The van der Waals surface area contributed by atoms with Crippen LogP contribution in [0, 0.1) is 0 Å². The Balaban J connectivity index is 2.85. The van der Waals surface area contributed by atoms with Crippen LogP contribution < -0.4 is 22.9 Å². The maximum Gasteiger partial charge on any atom is 0.231 e. The molecular weight excluding hydrogens is 352 g/mol. The van der Waals surface area contributed by atoms with E-state index < -0.39 is 5.91 Å². The molecule has 1 saturated heterocycles. The van der Waals surface area contributed by atoms with Gasteiger partial charge in [0.2, 0.25) is 17.7 Å². The second-order valence-electron chi connectivity index (χ2n) is 6.86. The number of carbonyl (C=O) groups excluding carboxylic acids is 3. The van der Waals surface area contributed by atoms with Crippen LogP contribution >= 0.6 is 0 Å². The second-order valence-corrected chi connectivity index (χ2v) is 6.86. The van der Waals surface area contributed by atoms with E-state index >= 15 is 0 Å². The number of nitrogens with two attached hydrogens (primary N) is 4. The molecule has 27 heavy (non-hydrogen) atoms. The third-order valence-corrected chi connectivity index (χ3v) is 4.51. The molecule has 0 bridgehead atoms. The summed E-state index contributed by atoms with van der Waals surface area (Å²) in [5.41, 5.74) is 21.8. The Kier molecular flexibility index (Phi) is 10.8.